The van der Waals surface area contributed by atoms with Gasteiger partial charge in [0.2, 0.25) is 0 Å². The molecule has 1 aromatic carbocycles. The second-order valence-electron chi connectivity index (χ2n) is 5.53. The summed E-state index contributed by atoms with van der Waals surface area (Å²) in [5.41, 5.74) is 10.6. The minimum Gasteiger partial charge on any atom is -0.271 e. The van der Waals surface area contributed by atoms with Crippen molar-refractivity contribution in [3.8, 4) is 0 Å². The van der Waals surface area contributed by atoms with Crippen molar-refractivity contribution in [1.82, 2.24) is 10.4 Å². The Bertz CT molecular complexity index is 582. The fraction of sp³-hybridized carbons (Fsp3) is 0.353. The first kappa shape index (κ1) is 14.7. The third-order valence-electron chi connectivity index (χ3n) is 3.90. The van der Waals surface area contributed by atoms with Gasteiger partial charge in [0, 0.05) is 12.4 Å². The van der Waals surface area contributed by atoms with E-state index in [1.807, 2.05) is 18.5 Å². The Morgan fingerprint density at radius 3 is 2.30 bits per heavy atom. The first-order valence-corrected chi connectivity index (χ1v) is 6.96. The highest BCUT2D eigenvalue weighted by atomic mass is 15.2. The molecule has 3 N–H and O–H groups in total. The quantitative estimate of drug-likeness (QED) is 0.662. The number of benzene rings is 1. The number of aromatic nitrogens is 1. The highest BCUT2D eigenvalue weighted by Gasteiger charge is 2.15. The van der Waals surface area contributed by atoms with Crippen molar-refractivity contribution in [3.05, 3.63) is 64.0 Å². The van der Waals surface area contributed by atoms with E-state index in [1.165, 1.54) is 27.8 Å². The molecule has 0 fully saturated rings. The maximum Gasteiger partial charge on any atom is 0.0518 e. The van der Waals surface area contributed by atoms with E-state index in [1.54, 1.807) is 0 Å². The molecule has 3 nitrogen and oxygen atoms in total. The first-order chi connectivity index (χ1) is 9.52. The standard InChI is InChI=1S/C17H23N3/c1-11-7-13(3)15(14(4)8-11)9-17(20-18)16-10-19-6-5-12(16)2/h5-8,10,17,20H,9,18H2,1-4H3. The third kappa shape index (κ3) is 3.06. The van der Waals surface area contributed by atoms with Crippen LogP contribution in [0.5, 0.6) is 0 Å². The molecule has 2 rings (SSSR count). The molecule has 0 saturated carbocycles. The highest BCUT2D eigenvalue weighted by Crippen LogP contribution is 2.25. The summed E-state index contributed by atoms with van der Waals surface area (Å²) in [6.45, 7) is 8.56. The molecule has 0 aliphatic carbocycles. The van der Waals surface area contributed by atoms with Crippen molar-refractivity contribution in [3.63, 3.8) is 0 Å². The Labute approximate surface area is 121 Å². The summed E-state index contributed by atoms with van der Waals surface area (Å²) in [4.78, 5) is 4.22. The summed E-state index contributed by atoms with van der Waals surface area (Å²) >= 11 is 0. The van der Waals surface area contributed by atoms with Crippen LogP contribution in [0.1, 0.15) is 39.4 Å². The molecular weight excluding hydrogens is 246 g/mol. The lowest BCUT2D eigenvalue weighted by atomic mass is 9.91. The minimum atomic E-state index is 0.0869. The van der Waals surface area contributed by atoms with Crippen LogP contribution >= 0.6 is 0 Å². The van der Waals surface area contributed by atoms with Crippen molar-refractivity contribution in [1.29, 1.82) is 0 Å². The van der Waals surface area contributed by atoms with Crippen LogP contribution < -0.4 is 11.3 Å². The normalized spacial score (nSPS) is 12.4. The van der Waals surface area contributed by atoms with Gasteiger partial charge in [-0.15, -0.1) is 0 Å². The Morgan fingerprint density at radius 1 is 1.10 bits per heavy atom. The zero-order valence-corrected chi connectivity index (χ0v) is 12.7. The lowest BCUT2D eigenvalue weighted by molar-refractivity contribution is 0.545. The second kappa shape index (κ2) is 6.16. The fourth-order valence-corrected chi connectivity index (χ4v) is 2.84. The predicted octanol–water partition coefficient (Wildman–Crippen LogP) is 3.06. The smallest absolute Gasteiger partial charge is 0.0518 e. The van der Waals surface area contributed by atoms with Gasteiger partial charge >= 0.3 is 0 Å². The molecule has 1 unspecified atom stereocenters. The van der Waals surface area contributed by atoms with E-state index in [4.69, 9.17) is 5.84 Å². The van der Waals surface area contributed by atoms with Crippen LogP contribution in [0.25, 0.3) is 0 Å². The molecule has 0 spiro atoms. The van der Waals surface area contributed by atoms with Crippen molar-refractivity contribution < 1.29 is 0 Å². The van der Waals surface area contributed by atoms with E-state index >= 15 is 0 Å². The molecule has 0 radical (unpaired) electrons. The van der Waals surface area contributed by atoms with E-state index in [9.17, 15) is 0 Å². The van der Waals surface area contributed by atoms with E-state index in [0.717, 1.165) is 12.0 Å². The van der Waals surface area contributed by atoms with Crippen molar-refractivity contribution >= 4 is 0 Å². The molecule has 0 amide bonds. The molecule has 0 saturated heterocycles. The Morgan fingerprint density at radius 2 is 1.75 bits per heavy atom. The van der Waals surface area contributed by atoms with Crippen LogP contribution in [-0.2, 0) is 6.42 Å². The maximum absolute atomic E-state index is 5.77. The zero-order valence-electron chi connectivity index (χ0n) is 12.7. The molecule has 2 aromatic rings. The number of rotatable bonds is 4. The summed E-state index contributed by atoms with van der Waals surface area (Å²) in [7, 11) is 0. The molecule has 106 valence electrons. The predicted molar refractivity (Wildman–Crippen MR) is 83.4 cm³/mol. The number of nitrogens with one attached hydrogen (secondary N) is 1. The Hall–Kier alpha value is -1.71. The average Bonchev–Trinajstić information content (AvgIpc) is 2.39. The van der Waals surface area contributed by atoms with E-state index in [-0.39, 0.29) is 6.04 Å². The van der Waals surface area contributed by atoms with E-state index < -0.39 is 0 Å². The number of hydrogen-bond acceptors (Lipinski definition) is 3. The van der Waals surface area contributed by atoms with Crippen molar-refractivity contribution in [2.24, 2.45) is 5.84 Å². The number of nitrogens with two attached hydrogens (primary N) is 1. The summed E-state index contributed by atoms with van der Waals surface area (Å²) in [5.74, 6) is 5.77. The number of hydrogen-bond donors (Lipinski definition) is 2. The topological polar surface area (TPSA) is 50.9 Å². The van der Waals surface area contributed by atoms with Gasteiger partial charge in [0.05, 0.1) is 6.04 Å². The van der Waals surface area contributed by atoms with Gasteiger partial charge in [-0.1, -0.05) is 17.7 Å². The minimum absolute atomic E-state index is 0.0869. The number of hydrazine groups is 1. The van der Waals surface area contributed by atoms with Gasteiger partial charge in [-0.25, -0.2) is 0 Å². The van der Waals surface area contributed by atoms with E-state index in [2.05, 4.69) is 50.2 Å². The molecule has 0 bridgehead atoms. The summed E-state index contributed by atoms with van der Waals surface area (Å²) in [5, 5.41) is 0. The molecule has 1 aromatic heterocycles. The number of nitrogens with zero attached hydrogens (tertiary/aromatic N) is 1. The second-order valence-corrected chi connectivity index (χ2v) is 5.53. The average molecular weight is 269 g/mol. The Balaban J connectivity index is 2.35. The SMILES string of the molecule is Cc1cc(C)c(CC(NN)c2cnccc2C)c(C)c1. The monoisotopic (exact) mass is 269 g/mol. The van der Waals surface area contributed by atoms with Crippen LogP contribution in [0.2, 0.25) is 0 Å². The fourth-order valence-electron chi connectivity index (χ4n) is 2.84. The Kier molecular flexibility index (Phi) is 4.53. The number of aryl methyl sites for hydroxylation is 4. The van der Waals surface area contributed by atoms with Crippen molar-refractivity contribution in [2.75, 3.05) is 0 Å². The van der Waals surface area contributed by atoms with Crippen LogP contribution in [0.15, 0.2) is 30.6 Å². The lowest BCUT2D eigenvalue weighted by Crippen LogP contribution is -2.30. The summed E-state index contributed by atoms with van der Waals surface area (Å²) < 4.78 is 0. The van der Waals surface area contributed by atoms with Gasteiger partial charge < -0.3 is 0 Å². The summed E-state index contributed by atoms with van der Waals surface area (Å²) in [6.07, 6.45) is 4.59. The van der Waals surface area contributed by atoms with Gasteiger partial charge in [-0.05, 0) is 68.0 Å². The summed E-state index contributed by atoms with van der Waals surface area (Å²) in [6, 6.07) is 6.57. The highest BCUT2D eigenvalue weighted by molar-refractivity contribution is 5.39. The van der Waals surface area contributed by atoms with Gasteiger partial charge in [0.25, 0.3) is 0 Å². The molecule has 1 atom stereocenters. The van der Waals surface area contributed by atoms with Gasteiger partial charge in [-0.3, -0.25) is 16.3 Å². The largest absolute Gasteiger partial charge is 0.271 e. The molecule has 0 aliphatic rings. The molecule has 20 heavy (non-hydrogen) atoms. The van der Waals surface area contributed by atoms with Crippen LogP contribution in [0, 0.1) is 27.7 Å². The molecular formula is C17H23N3. The third-order valence-corrected chi connectivity index (χ3v) is 3.90. The lowest BCUT2D eigenvalue weighted by Gasteiger charge is -2.21. The van der Waals surface area contributed by atoms with Crippen LogP contribution in [0.3, 0.4) is 0 Å². The van der Waals surface area contributed by atoms with Gasteiger partial charge in [-0.2, -0.15) is 0 Å². The molecule has 0 aliphatic heterocycles. The van der Waals surface area contributed by atoms with Gasteiger partial charge in [0.15, 0.2) is 0 Å². The van der Waals surface area contributed by atoms with Crippen LogP contribution in [0.4, 0.5) is 0 Å². The number of pyridine rings is 1. The van der Waals surface area contributed by atoms with Crippen molar-refractivity contribution in [2.45, 2.75) is 40.2 Å². The zero-order chi connectivity index (χ0) is 14.7. The molecule has 1 heterocycles. The van der Waals surface area contributed by atoms with E-state index in [0.29, 0.717) is 0 Å². The van der Waals surface area contributed by atoms with Crippen LogP contribution in [-0.4, -0.2) is 4.98 Å². The molecule has 3 heteroatoms. The maximum atomic E-state index is 5.77. The van der Waals surface area contributed by atoms with Gasteiger partial charge in [0.1, 0.15) is 0 Å². The first-order valence-electron chi connectivity index (χ1n) is 6.96.